The van der Waals surface area contributed by atoms with Crippen LogP contribution in [0.25, 0.3) is 10.9 Å². The fourth-order valence-corrected chi connectivity index (χ4v) is 2.55. The van der Waals surface area contributed by atoms with E-state index < -0.39 is 0 Å². The number of nitrogens with two attached hydrogens (primary N) is 1. The van der Waals surface area contributed by atoms with Crippen LogP contribution in [0, 0.1) is 0 Å². The maximum absolute atomic E-state index is 6.07. The smallest absolute Gasteiger partial charge is 0.177 e. The number of hydrogen-bond acceptors (Lipinski definition) is 5. The van der Waals surface area contributed by atoms with Gasteiger partial charge in [-0.25, -0.2) is 9.97 Å². The van der Waals surface area contributed by atoms with E-state index in [1.807, 2.05) is 20.8 Å². The molecule has 1 heterocycles. The van der Waals surface area contributed by atoms with Crippen molar-refractivity contribution < 1.29 is 9.47 Å². The van der Waals surface area contributed by atoms with Gasteiger partial charge in [-0.1, -0.05) is 20.8 Å². The molecule has 2 aromatic rings. The lowest BCUT2D eigenvalue weighted by Gasteiger charge is -2.19. The number of benzene rings is 1. The van der Waals surface area contributed by atoms with Gasteiger partial charge in [0.1, 0.15) is 11.6 Å². The molecule has 0 radical (unpaired) electrons. The number of nitrogen functional groups attached to an aromatic ring is 1. The van der Waals surface area contributed by atoms with Gasteiger partial charge in [-0.05, 0) is 22.0 Å². The standard InChI is InChI=1S/C14H18BrN3O2/c1-14(2,3)13-17-10-7(12(16)18-13)6-8(19-4)11(20-5)9(10)15/h6H,1-5H3,(H2,16,17,18). The Labute approximate surface area is 126 Å². The first-order valence-electron chi connectivity index (χ1n) is 6.17. The second kappa shape index (κ2) is 5.09. The first-order valence-corrected chi connectivity index (χ1v) is 6.97. The van der Waals surface area contributed by atoms with Crippen molar-refractivity contribution in [1.82, 2.24) is 9.97 Å². The number of hydrogen-bond donors (Lipinski definition) is 1. The van der Waals surface area contributed by atoms with E-state index in [1.165, 1.54) is 0 Å². The summed E-state index contributed by atoms with van der Waals surface area (Å²) in [7, 11) is 3.17. The van der Waals surface area contributed by atoms with E-state index in [0.29, 0.717) is 27.6 Å². The molecule has 5 nitrogen and oxygen atoms in total. The number of nitrogens with zero attached hydrogens (tertiary/aromatic N) is 2. The number of aromatic nitrogens is 2. The molecule has 6 heteroatoms. The number of fused-ring (bicyclic) bond motifs is 1. The van der Waals surface area contributed by atoms with Crippen molar-refractivity contribution in [2.75, 3.05) is 20.0 Å². The maximum Gasteiger partial charge on any atom is 0.177 e. The lowest BCUT2D eigenvalue weighted by molar-refractivity contribution is 0.354. The molecule has 0 aliphatic rings. The van der Waals surface area contributed by atoms with Gasteiger partial charge in [0.15, 0.2) is 11.5 Å². The zero-order valence-electron chi connectivity index (χ0n) is 12.2. The summed E-state index contributed by atoms with van der Waals surface area (Å²) in [5, 5.41) is 0.738. The largest absolute Gasteiger partial charge is 0.493 e. The number of anilines is 1. The lowest BCUT2D eigenvalue weighted by Crippen LogP contribution is -2.17. The summed E-state index contributed by atoms with van der Waals surface area (Å²) in [5.74, 6) is 2.31. The Balaban J connectivity index is 2.86. The molecule has 0 spiro atoms. The SMILES string of the molecule is COc1cc2c(N)nc(C(C)(C)C)nc2c(Br)c1OC. The van der Waals surface area contributed by atoms with Crippen LogP contribution in [0.15, 0.2) is 10.5 Å². The lowest BCUT2D eigenvalue weighted by atomic mass is 9.95. The summed E-state index contributed by atoms with van der Waals surface area (Å²) in [5.41, 5.74) is 6.61. The normalized spacial score (nSPS) is 11.7. The average molecular weight is 340 g/mol. The summed E-state index contributed by atoms with van der Waals surface area (Å²) in [4.78, 5) is 9.01. The fraction of sp³-hybridized carbons (Fsp3) is 0.429. The second-order valence-electron chi connectivity index (χ2n) is 5.50. The molecular formula is C14H18BrN3O2. The molecular weight excluding hydrogens is 322 g/mol. The summed E-state index contributed by atoms with van der Waals surface area (Å²) in [6.45, 7) is 6.13. The molecule has 2 rings (SSSR count). The van der Waals surface area contributed by atoms with Crippen LogP contribution in [-0.2, 0) is 5.41 Å². The first kappa shape index (κ1) is 14.8. The zero-order valence-corrected chi connectivity index (χ0v) is 13.8. The molecule has 0 saturated heterocycles. The van der Waals surface area contributed by atoms with Gasteiger partial charge in [0.05, 0.1) is 24.2 Å². The van der Waals surface area contributed by atoms with E-state index in [4.69, 9.17) is 15.2 Å². The van der Waals surface area contributed by atoms with Gasteiger partial charge in [0.2, 0.25) is 0 Å². The van der Waals surface area contributed by atoms with Crippen LogP contribution in [0.3, 0.4) is 0 Å². The Kier molecular flexibility index (Phi) is 3.77. The third-order valence-electron chi connectivity index (χ3n) is 2.98. The van der Waals surface area contributed by atoms with Crippen molar-refractivity contribution in [3.63, 3.8) is 0 Å². The Bertz CT molecular complexity index is 666. The highest BCUT2D eigenvalue weighted by atomic mass is 79.9. The highest BCUT2D eigenvalue weighted by Gasteiger charge is 2.22. The number of rotatable bonds is 2. The third-order valence-corrected chi connectivity index (χ3v) is 3.71. The Morgan fingerprint density at radius 2 is 1.80 bits per heavy atom. The van der Waals surface area contributed by atoms with Crippen molar-refractivity contribution in [3.8, 4) is 11.5 Å². The third kappa shape index (κ3) is 2.40. The van der Waals surface area contributed by atoms with E-state index in [0.717, 1.165) is 10.9 Å². The van der Waals surface area contributed by atoms with Crippen LogP contribution in [0.2, 0.25) is 0 Å². The molecule has 1 aromatic carbocycles. The molecule has 2 N–H and O–H groups in total. The van der Waals surface area contributed by atoms with E-state index in [9.17, 15) is 0 Å². The molecule has 0 amide bonds. The van der Waals surface area contributed by atoms with Crippen molar-refractivity contribution in [2.45, 2.75) is 26.2 Å². The number of ether oxygens (including phenoxy) is 2. The summed E-state index contributed by atoms with van der Waals surface area (Å²) in [6, 6.07) is 1.79. The molecule has 0 saturated carbocycles. The second-order valence-corrected chi connectivity index (χ2v) is 6.30. The minimum atomic E-state index is -0.186. The van der Waals surface area contributed by atoms with Gasteiger partial charge in [-0.15, -0.1) is 0 Å². The van der Waals surface area contributed by atoms with Crippen LogP contribution < -0.4 is 15.2 Å². The van der Waals surface area contributed by atoms with E-state index in [1.54, 1.807) is 20.3 Å². The predicted octanol–water partition coefficient (Wildman–Crippen LogP) is 3.29. The maximum atomic E-state index is 6.07. The van der Waals surface area contributed by atoms with Crippen molar-refractivity contribution in [2.24, 2.45) is 0 Å². The van der Waals surface area contributed by atoms with Crippen LogP contribution in [0.4, 0.5) is 5.82 Å². The molecule has 0 fully saturated rings. The Morgan fingerprint density at radius 1 is 1.15 bits per heavy atom. The number of halogens is 1. The Hall–Kier alpha value is -1.56. The molecule has 0 unspecified atom stereocenters. The molecule has 0 aliphatic carbocycles. The summed E-state index contributed by atoms with van der Waals surface area (Å²) >= 11 is 3.52. The topological polar surface area (TPSA) is 70.3 Å². The minimum absolute atomic E-state index is 0.186. The molecule has 108 valence electrons. The fourth-order valence-electron chi connectivity index (χ4n) is 1.89. The van der Waals surface area contributed by atoms with Gasteiger partial charge in [-0.3, -0.25) is 0 Å². The first-order chi connectivity index (χ1) is 9.29. The van der Waals surface area contributed by atoms with Gasteiger partial charge < -0.3 is 15.2 Å². The van der Waals surface area contributed by atoms with Crippen molar-refractivity contribution in [3.05, 3.63) is 16.4 Å². The molecule has 0 atom stereocenters. The highest BCUT2D eigenvalue weighted by molar-refractivity contribution is 9.10. The molecule has 0 bridgehead atoms. The monoisotopic (exact) mass is 339 g/mol. The van der Waals surface area contributed by atoms with Gasteiger partial charge in [0, 0.05) is 10.8 Å². The Morgan fingerprint density at radius 3 is 2.30 bits per heavy atom. The number of methoxy groups -OCH3 is 2. The quantitative estimate of drug-likeness (QED) is 0.908. The van der Waals surface area contributed by atoms with Crippen LogP contribution in [0.5, 0.6) is 11.5 Å². The van der Waals surface area contributed by atoms with Crippen molar-refractivity contribution in [1.29, 1.82) is 0 Å². The van der Waals surface area contributed by atoms with E-state index >= 15 is 0 Å². The van der Waals surface area contributed by atoms with Gasteiger partial charge in [0.25, 0.3) is 0 Å². The van der Waals surface area contributed by atoms with Crippen molar-refractivity contribution >= 4 is 32.7 Å². The molecule has 20 heavy (non-hydrogen) atoms. The van der Waals surface area contributed by atoms with E-state index in [2.05, 4.69) is 25.9 Å². The molecule has 1 aromatic heterocycles. The molecule has 0 aliphatic heterocycles. The van der Waals surface area contributed by atoms with Gasteiger partial charge >= 0.3 is 0 Å². The summed E-state index contributed by atoms with van der Waals surface area (Å²) < 4.78 is 11.4. The van der Waals surface area contributed by atoms with Crippen LogP contribution >= 0.6 is 15.9 Å². The van der Waals surface area contributed by atoms with Crippen LogP contribution in [0.1, 0.15) is 26.6 Å². The average Bonchev–Trinajstić information content (AvgIpc) is 2.37. The predicted molar refractivity (Wildman–Crippen MR) is 83.5 cm³/mol. The highest BCUT2D eigenvalue weighted by Crippen LogP contribution is 2.42. The minimum Gasteiger partial charge on any atom is -0.493 e. The van der Waals surface area contributed by atoms with E-state index in [-0.39, 0.29) is 5.41 Å². The summed E-state index contributed by atoms with van der Waals surface area (Å²) in [6.07, 6.45) is 0. The van der Waals surface area contributed by atoms with Gasteiger partial charge in [-0.2, -0.15) is 0 Å². The zero-order chi connectivity index (χ0) is 15.1. The van der Waals surface area contributed by atoms with Crippen LogP contribution in [-0.4, -0.2) is 24.2 Å².